The lowest BCUT2D eigenvalue weighted by molar-refractivity contribution is -0.116. The van der Waals surface area contributed by atoms with E-state index in [0.717, 1.165) is 49.5 Å². The molecule has 0 aliphatic carbocycles. The van der Waals surface area contributed by atoms with Crippen LogP contribution in [0.2, 0.25) is 5.02 Å². The zero-order valence-corrected chi connectivity index (χ0v) is 18.1. The normalized spacial score (nSPS) is 15.5. The van der Waals surface area contributed by atoms with Gasteiger partial charge in [-0.05, 0) is 92.7 Å². The van der Waals surface area contributed by atoms with Crippen LogP contribution in [0.4, 0.5) is 4.39 Å². The summed E-state index contributed by atoms with van der Waals surface area (Å²) >= 11 is 5.98. The Balaban J connectivity index is 1.23. The maximum absolute atomic E-state index is 12.9. The smallest absolute Gasteiger partial charge is 0.243 e. The van der Waals surface area contributed by atoms with Crippen LogP contribution in [0, 0.1) is 5.82 Å². The molecule has 1 aliphatic rings. The molecular formula is C25H30ClFN2O. The fourth-order valence-corrected chi connectivity index (χ4v) is 4.00. The second-order valence-electron chi connectivity index (χ2n) is 7.90. The Morgan fingerprint density at radius 2 is 1.73 bits per heavy atom. The van der Waals surface area contributed by atoms with Crippen molar-refractivity contribution >= 4 is 23.6 Å². The number of nitrogens with zero attached hydrogens (tertiary/aromatic N) is 1. The van der Waals surface area contributed by atoms with Crippen LogP contribution < -0.4 is 5.32 Å². The lowest BCUT2D eigenvalue weighted by atomic mass is 9.89. The Kier molecular flexibility index (Phi) is 8.91. The maximum Gasteiger partial charge on any atom is 0.243 e. The first kappa shape index (κ1) is 22.5. The van der Waals surface area contributed by atoms with E-state index in [1.54, 1.807) is 18.2 Å². The van der Waals surface area contributed by atoms with Gasteiger partial charge >= 0.3 is 0 Å². The summed E-state index contributed by atoms with van der Waals surface area (Å²) in [5.74, 6) is 0.266. The fourth-order valence-electron chi connectivity index (χ4n) is 3.88. The Bertz CT molecular complexity index is 812. The number of nitrogens with one attached hydrogen (secondary N) is 1. The molecule has 30 heavy (non-hydrogen) atoms. The molecule has 2 aromatic rings. The van der Waals surface area contributed by atoms with Crippen LogP contribution in [-0.4, -0.2) is 37.0 Å². The van der Waals surface area contributed by atoms with E-state index in [2.05, 4.69) is 22.3 Å². The van der Waals surface area contributed by atoms with Gasteiger partial charge < -0.3 is 10.2 Å². The number of hydrogen-bond acceptors (Lipinski definition) is 2. The monoisotopic (exact) mass is 428 g/mol. The molecule has 1 fully saturated rings. The van der Waals surface area contributed by atoms with Gasteiger partial charge in [0.05, 0.1) is 0 Å². The van der Waals surface area contributed by atoms with E-state index >= 15 is 0 Å². The summed E-state index contributed by atoms with van der Waals surface area (Å²) in [4.78, 5) is 14.4. The van der Waals surface area contributed by atoms with Gasteiger partial charge in [-0.1, -0.05) is 42.3 Å². The van der Waals surface area contributed by atoms with Crippen LogP contribution in [0.15, 0.2) is 54.6 Å². The lowest BCUT2D eigenvalue weighted by Crippen LogP contribution is -2.33. The van der Waals surface area contributed by atoms with Crippen molar-refractivity contribution in [1.82, 2.24) is 10.2 Å². The first-order valence-electron chi connectivity index (χ1n) is 10.8. The van der Waals surface area contributed by atoms with Gasteiger partial charge in [0.1, 0.15) is 5.82 Å². The Morgan fingerprint density at radius 3 is 2.43 bits per heavy atom. The van der Waals surface area contributed by atoms with Crippen LogP contribution in [0.1, 0.15) is 49.1 Å². The Labute approximate surface area is 183 Å². The number of benzene rings is 2. The SMILES string of the molecule is O=C(/C=C/c1ccc(F)cc1)NCCCCCN1CCC(c2ccc(Cl)cc2)CC1. The number of halogens is 2. The molecule has 1 heterocycles. The van der Waals surface area contributed by atoms with Crippen LogP contribution in [0.25, 0.3) is 6.08 Å². The van der Waals surface area contributed by atoms with Gasteiger partial charge in [-0.15, -0.1) is 0 Å². The van der Waals surface area contributed by atoms with Crippen molar-refractivity contribution in [3.63, 3.8) is 0 Å². The second kappa shape index (κ2) is 11.9. The summed E-state index contributed by atoms with van der Waals surface area (Å²) in [6.07, 6.45) is 8.86. The van der Waals surface area contributed by atoms with E-state index in [4.69, 9.17) is 11.6 Å². The van der Waals surface area contributed by atoms with Crippen LogP contribution in [-0.2, 0) is 4.79 Å². The molecule has 0 unspecified atom stereocenters. The molecule has 0 saturated carbocycles. The molecule has 3 nitrogen and oxygen atoms in total. The molecule has 0 radical (unpaired) electrons. The molecule has 5 heteroatoms. The molecule has 1 aliphatic heterocycles. The number of amides is 1. The van der Waals surface area contributed by atoms with Crippen molar-refractivity contribution in [2.24, 2.45) is 0 Å². The molecule has 2 aromatic carbocycles. The molecule has 0 spiro atoms. The molecule has 1 N–H and O–H groups in total. The molecule has 1 saturated heterocycles. The van der Waals surface area contributed by atoms with Gasteiger partial charge in [-0.3, -0.25) is 4.79 Å². The minimum absolute atomic E-state index is 0.108. The number of likely N-dealkylation sites (tertiary alicyclic amines) is 1. The summed E-state index contributed by atoms with van der Waals surface area (Å²) in [5, 5.41) is 3.71. The predicted molar refractivity (Wildman–Crippen MR) is 122 cm³/mol. The van der Waals surface area contributed by atoms with E-state index in [0.29, 0.717) is 12.5 Å². The number of rotatable bonds is 9. The van der Waals surface area contributed by atoms with Gasteiger partial charge in [0.25, 0.3) is 0 Å². The Hall–Kier alpha value is -2.17. The van der Waals surface area contributed by atoms with Crippen molar-refractivity contribution in [3.05, 3.63) is 76.6 Å². The third-order valence-corrected chi connectivity index (χ3v) is 5.93. The third-order valence-electron chi connectivity index (χ3n) is 5.68. The molecule has 0 aromatic heterocycles. The van der Waals surface area contributed by atoms with Crippen molar-refractivity contribution < 1.29 is 9.18 Å². The minimum Gasteiger partial charge on any atom is -0.353 e. The topological polar surface area (TPSA) is 32.3 Å². The van der Waals surface area contributed by atoms with E-state index in [-0.39, 0.29) is 11.7 Å². The van der Waals surface area contributed by atoms with Crippen molar-refractivity contribution in [3.8, 4) is 0 Å². The van der Waals surface area contributed by atoms with Crippen LogP contribution >= 0.6 is 11.6 Å². The van der Waals surface area contributed by atoms with Gasteiger partial charge in [0.15, 0.2) is 0 Å². The van der Waals surface area contributed by atoms with Crippen molar-refractivity contribution in [2.75, 3.05) is 26.2 Å². The summed E-state index contributed by atoms with van der Waals surface area (Å²) in [5.41, 5.74) is 2.22. The van der Waals surface area contributed by atoms with Crippen molar-refractivity contribution in [1.29, 1.82) is 0 Å². The molecule has 0 bridgehead atoms. The van der Waals surface area contributed by atoms with Gasteiger partial charge in [0.2, 0.25) is 5.91 Å². The number of carbonyl (C=O) groups excluding carboxylic acids is 1. The quantitative estimate of drug-likeness (QED) is 0.413. The van der Waals surface area contributed by atoms with Crippen LogP contribution in [0.5, 0.6) is 0 Å². The lowest BCUT2D eigenvalue weighted by Gasteiger charge is -2.32. The van der Waals surface area contributed by atoms with Gasteiger partial charge in [-0.25, -0.2) is 4.39 Å². The van der Waals surface area contributed by atoms with E-state index in [1.807, 2.05) is 12.1 Å². The van der Waals surface area contributed by atoms with Gasteiger partial charge in [0, 0.05) is 17.6 Å². The third kappa shape index (κ3) is 7.58. The minimum atomic E-state index is -0.275. The zero-order chi connectivity index (χ0) is 21.2. The maximum atomic E-state index is 12.9. The van der Waals surface area contributed by atoms with Crippen LogP contribution in [0.3, 0.4) is 0 Å². The standard InChI is InChI=1S/C25H30ClFN2O/c26-23-9-7-21(8-10-23)22-14-18-29(19-15-22)17-3-1-2-16-28-25(30)13-6-20-4-11-24(27)12-5-20/h4-13,22H,1-3,14-19H2,(H,28,30)/b13-6+. The number of piperidine rings is 1. The molecule has 3 rings (SSSR count). The fraction of sp³-hybridized carbons (Fsp3) is 0.400. The summed E-state index contributed by atoms with van der Waals surface area (Å²) in [6, 6.07) is 14.4. The highest BCUT2D eigenvalue weighted by Gasteiger charge is 2.20. The first-order chi connectivity index (χ1) is 14.6. The Morgan fingerprint density at radius 1 is 1.03 bits per heavy atom. The average Bonchev–Trinajstić information content (AvgIpc) is 2.77. The molecule has 0 atom stereocenters. The van der Waals surface area contributed by atoms with E-state index < -0.39 is 0 Å². The first-order valence-corrected chi connectivity index (χ1v) is 11.2. The zero-order valence-electron chi connectivity index (χ0n) is 17.3. The highest BCUT2D eigenvalue weighted by Crippen LogP contribution is 2.28. The van der Waals surface area contributed by atoms with E-state index in [1.165, 1.54) is 36.6 Å². The predicted octanol–water partition coefficient (Wildman–Crippen LogP) is 5.66. The summed E-state index contributed by atoms with van der Waals surface area (Å²) in [7, 11) is 0. The molecule has 1 amide bonds. The second-order valence-corrected chi connectivity index (χ2v) is 8.34. The summed E-state index contributed by atoms with van der Waals surface area (Å²) in [6.45, 7) is 4.12. The van der Waals surface area contributed by atoms with Crippen molar-refractivity contribution in [2.45, 2.75) is 38.0 Å². The molecule has 160 valence electrons. The highest BCUT2D eigenvalue weighted by molar-refractivity contribution is 6.30. The number of carbonyl (C=O) groups is 1. The van der Waals surface area contributed by atoms with E-state index in [9.17, 15) is 9.18 Å². The number of hydrogen-bond donors (Lipinski definition) is 1. The van der Waals surface area contributed by atoms with Gasteiger partial charge in [-0.2, -0.15) is 0 Å². The average molecular weight is 429 g/mol. The largest absolute Gasteiger partial charge is 0.353 e. The summed E-state index contributed by atoms with van der Waals surface area (Å²) < 4.78 is 12.9. The number of unbranched alkanes of at least 4 members (excludes halogenated alkanes) is 2. The molecular weight excluding hydrogens is 399 g/mol. The highest BCUT2D eigenvalue weighted by atomic mass is 35.5.